The summed E-state index contributed by atoms with van der Waals surface area (Å²) in [7, 11) is 0. The van der Waals surface area contributed by atoms with E-state index in [2.05, 4.69) is 4.98 Å². The van der Waals surface area contributed by atoms with E-state index in [9.17, 15) is 19.5 Å². The SMILES string of the molecule is O=C(O)[C@H]1CCCN1C(=O)[C@H](Cc1ccccc1)n1cnc2ccccc2c1=O. The molecule has 3 aromatic rings. The van der Waals surface area contributed by atoms with Crippen LogP contribution >= 0.6 is 0 Å². The van der Waals surface area contributed by atoms with E-state index in [1.54, 1.807) is 24.3 Å². The Morgan fingerprint density at radius 2 is 1.83 bits per heavy atom. The van der Waals surface area contributed by atoms with Crippen LogP contribution < -0.4 is 5.56 Å². The van der Waals surface area contributed by atoms with Gasteiger partial charge >= 0.3 is 5.97 Å². The lowest BCUT2D eigenvalue weighted by Crippen LogP contribution is -2.46. The van der Waals surface area contributed by atoms with E-state index in [1.165, 1.54) is 15.8 Å². The summed E-state index contributed by atoms with van der Waals surface area (Å²) in [6.45, 7) is 0.372. The molecule has 7 heteroatoms. The van der Waals surface area contributed by atoms with Crippen LogP contribution in [-0.2, 0) is 16.0 Å². The lowest BCUT2D eigenvalue weighted by atomic mass is 10.0. The van der Waals surface area contributed by atoms with Crippen LogP contribution in [0.4, 0.5) is 0 Å². The smallest absolute Gasteiger partial charge is 0.326 e. The summed E-state index contributed by atoms with van der Waals surface area (Å²) in [5.41, 5.74) is 1.14. The van der Waals surface area contributed by atoms with Crippen LogP contribution in [0.5, 0.6) is 0 Å². The van der Waals surface area contributed by atoms with Crippen LogP contribution in [0.1, 0.15) is 24.4 Å². The van der Waals surface area contributed by atoms with Crippen LogP contribution in [0, 0.1) is 0 Å². The fourth-order valence-electron chi connectivity index (χ4n) is 3.93. The Labute approximate surface area is 167 Å². The number of rotatable bonds is 5. The number of hydrogen-bond donors (Lipinski definition) is 1. The second-order valence-electron chi connectivity index (χ2n) is 7.21. The molecular weight excluding hydrogens is 370 g/mol. The van der Waals surface area contributed by atoms with Crippen LogP contribution in [0.3, 0.4) is 0 Å². The Kier molecular flexibility index (Phi) is 5.12. The molecule has 2 aromatic carbocycles. The Bertz CT molecular complexity index is 1110. The molecule has 0 bridgehead atoms. The lowest BCUT2D eigenvalue weighted by Gasteiger charge is -2.28. The Morgan fingerprint density at radius 1 is 1.10 bits per heavy atom. The molecule has 0 aliphatic carbocycles. The molecule has 0 saturated carbocycles. The number of amides is 1. The minimum absolute atomic E-state index is 0.280. The number of aromatic nitrogens is 2. The van der Waals surface area contributed by atoms with Gasteiger partial charge in [0.2, 0.25) is 5.91 Å². The number of hydrogen-bond acceptors (Lipinski definition) is 4. The minimum atomic E-state index is -1.02. The van der Waals surface area contributed by atoms with Crippen molar-refractivity contribution in [2.45, 2.75) is 31.3 Å². The Balaban J connectivity index is 1.79. The van der Waals surface area contributed by atoms with Gasteiger partial charge in [0.15, 0.2) is 0 Å². The molecule has 1 aliphatic rings. The van der Waals surface area contributed by atoms with E-state index in [-0.39, 0.29) is 17.9 Å². The first-order valence-electron chi connectivity index (χ1n) is 9.59. The van der Waals surface area contributed by atoms with Gasteiger partial charge < -0.3 is 10.0 Å². The average molecular weight is 391 g/mol. The van der Waals surface area contributed by atoms with Gasteiger partial charge in [-0.3, -0.25) is 14.2 Å². The number of carbonyl (C=O) groups excluding carboxylic acids is 1. The molecule has 1 saturated heterocycles. The van der Waals surface area contributed by atoms with Crippen molar-refractivity contribution < 1.29 is 14.7 Å². The normalized spacial score (nSPS) is 17.4. The van der Waals surface area contributed by atoms with Crippen molar-refractivity contribution >= 4 is 22.8 Å². The van der Waals surface area contributed by atoms with E-state index in [1.807, 2.05) is 30.3 Å². The summed E-state index contributed by atoms with van der Waals surface area (Å²) in [5.74, 6) is -1.38. The fraction of sp³-hybridized carbons (Fsp3) is 0.273. The Morgan fingerprint density at radius 3 is 2.59 bits per heavy atom. The highest BCUT2D eigenvalue weighted by molar-refractivity contribution is 5.87. The number of carboxylic acids is 1. The van der Waals surface area contributed by atoms with Crippen molar-refractivity contribution in [1.82, 2.24) is 14.5 Å². The van der Waals surface area contributed by atoms with Crippen molar-refractivity contribution in [3.63, 3.8) is 0 Å². The van der Waals surface area contributed by atoms with Crippen molar-refractivity contribution in [3.05, 3.63) is 76.8 Å². The van der Waals surface area contributed by atoms with Crippen molar-refractivity contribution in [1.29, 1.82) is 0 Å². The zero-order chi connectivity index (χ0) is 20.4. The number of nitrogens with zero attached hydrogens (tertiary/aromatic N) is 3. The zero-order valence-corrected chi connectivity index (χ0v) is 15.8. The largest absolute Gasteiger partial charge is 0.480 e. The van der Waals surface area contributed by atoms with E-state index in [4.69, 9.17) is 0 Å². The van der Waals surface area contributed by atoms with Gasteiger partial charge in [0, 0.05) is 13.0 Å². The van der Waals surface area contributed by atoms with Crippen molar-refractivity contribution in [3.8, 4) is 0 Å². The summed E-state index contributed by atoms with van der Waals surface area (Å²) in [5, 5.41) is 9.92. The van der Waals surface area contributed by atoms with Gasteiger partial charge in [-0.15, -0.1) is 0 Å². The molecule has 0 spiro atoms. The van der Waals surface area contributed by atoms with Gasteiger partial charge in [-0.1, -0.05) is 42.5 Å². The molecule has 1 aliphatic heterocycles. The fourth-order valence-corrected chi connectivity index (χ4v) is 3.93. The van der Waals surface area contributed by atoms with Crippen LogP contribution in [0.25, 0.3) is 10.9 Å². The predicted octanol–water partition coefficient (Wildman–Crippen LogP) is 2.26. The third-order valence-corrected chi connectivity index (χ3v) is 5.40. The molecule has 2 atom stereocenters. The monoisotopic (exact) mass is 391 g/mol. The molecule has 1 aromatic heterocycles. The summed E-state index contributed by atoms with van der Waals surface area (Å²) in [6, 6.07) is 14.7. The third kappa shape index (κ3) is 3.63. The maximum absolute atomic E-state index is 13.4. The number of benzene rings is 2. The van der Waals surface area contributed by atoms with Gasteiger partial charge in [0.05, 0.1) is 17.2 Å². The zero-order valence-electron chi connectivity index (χ0n) is 15.8. The molecule has 29 heavy (non-hydrogen) atoms. The predicted molar refractivity (Wildman–Crippen MR) is 108 cm³/mol. The highest BCUT2D eigenvalue weighted by Gasteiger charge is 2.38. The second-order valence-corrected chi connectivity index (χ2v) is 7.21. The van der Waals surface area contributed by atoms with Gasteiger partial charge in [-0.25, -0.2) is 9.78 Å². The molecule has 148 valence electrons. The number of fused-ring (bicyclic) bond motifs is 1. The van der Waals surface area contributed by atoms with E-state index in [0.29, 0.717) is 30.3 Å². The number of likely N-dealkylation sites (tertiary alicyclic amines) is 1. The highest BCUT2D eigenvalue weighted by Crippen LogP contribution is 2.24. The first-order chi connectivity index (χ1) is 14.1. The van der Waals surface area contributed by atoms with Crippen molar-refractivity contribution in [2.24, 2.45) is 0 Å². The molecule has 1 N–H and O–H groups in total. The molecule has 2 heterocycles. The maximum Gasteiger partial charge on any atom is 0.326 e. The van der Waals surface area contributed by atoms with E-state index < -0.39 is 18.1 Å². The molecular formula is C22H21N3O4. The number of carbonyl (C=O) groups is 2. The molecule has 1 amide bonds. The molecule has 4 rings (SSSR count). The molecule has 7 nitrogen and oxygen atoms in total. The maximum atomic E-state index is 13.4. The molecule has 1 fully saturated rings. The summed E-state index contributed by atoms with van der Waals surface area (Å²) < 4.78 is 1.34. The number of para-hydroxylation sites is 1. The van der Waals surface area contributed by atoms with E-state index in [0.717, 1.165) is 5.56 Å². The first-order valence-corrected chi connectivity index (χ1v) is 9.59. The molecule has 0 unspecified atom stereocenters. The van der Waals surface area contributed by atoms with Gasteiger partial charge in [0.1, 0.15) is 12.1 Å². The summed E-state index contributed by atoms with van der Waals surface area (Å²) >= 11 is 0. The average Bonchev–Trinajstić information content (AvgIpc) is 3.23. The van der Waals surface area contributed by atoms with Gasteiger partial charge in [-0.05, 0) is 30.5 Å². The highest BCUT2D eigenvalue weighted by atomic mass is 16.4. The topological polar surface area (TPSA) is 92.5 Å². The lowest BCUT2D eigenvalue weighted by molar-refractivity contribution is -0.149. The number of carboxylic acid groups (broad SMARTS) is 1. The summed E-state index contributed by atoms with van der Waals surface area (Å²) in [6.07, 6.45) is 2.72. The van der Waals surface area contributed by atoms with Crippen LogP contribution in [0.15, 0.2) is 65.7 Å². The first kappa shape index (κ1) is 18.9. The van der Waals surface area contributed by atoms with Gasteiger partial charge in [0.25, 0.3) is 5.56 Å². The number of aliphatic carboxylic acids is 1. The van der Waals surface area contributed by atoms with Crippen LogP contribution in [-0.4, -0.2) is 44.0 Å². The standard InChI is InChI=1S/C22H21N3O4/c26-20-16-9-4-5-10-17(16)23-14-25(20)19(13-15-7-2-1-3-8-15)21(27)24-12-6-11-18(24)22(28)29/h1-5,7-10,14,18-19H,6,11-13H2,(H,28,29)/t18-,19+/m1/s1. The minimum Gasteiger partial charge on any atom is -0.480 e. The quantitative estimate of drug-likeness (QED) is 0.720. The third-order valence-electron chi connectivity index (χ3n) is 5.40. The Hall–Kier alpha value is -3.48. The van der Waals surface area contributed by atoms with E-state index >= 15 is 0 Å². The molecule has 0 radical (unpaired) electrons. The van der Waals surface area contributed by atoms with Crippen LogP contribution in [0.2, 0.25) is 0 Å². The van der Waals surface area contributed by atoms with Gasteiger partial charge in [-0.2, -0.15) is 0 Å². The second kappa shape index (κ2) is 7.87. The summed E-state index contributed by atoms with van der Waals surface area (Å²) in [4.78, 5) is 43.9. The van der Waals surface area contributed by atoms with Crippen molar-refractivity contribution in [2.75, 3.05) is 6.54 Å².